The summed E-state index contributed by atoms with van der Waals surface area (Å²) < 4.78 is 13.5. The minimum Gasteiger partial charge on any atom is -0.378 e. The Bertz CT molecular complexity index is 964. The second kappa shape index (κ2) is 9.46. The lowest BCUT2D eigenvalue weighted by atomic mass is 9.92. The molecule has 4 rings (SSSR count). The molecule has 3 heterocycles. The molecule has 1 aromatic heterocycles. The number of halogens is 1. The van der Waals surface area contributed by atoms with Gasteiger partial charge in [0.15, 0.2) is 0 Å². The number of aromatic nitrogens is 1. The first-order valence-electron chi connectivity index (χ1n) is 10.8. The number of carbonyl (C=O) groups excluding carboxylic acids is 1. The second-order valence-electron chi connectivity index (χ2n) is 8.23. The van der Waals surface area contributed by atoms with E-state index in [9.17, 15) is 9.59 Å². The Morgan fingerprint density at radius 2 is 2.00 bits per heavy atom. The lowest BCUT2D eigenvalue weighted by Gasteiger charge is -2.27. The minimum atomic E-state index is -0.544. The summed E-state index contributed by atoms with van der Waals surface area (Å²) in [6.45, 7) is 3.22. The fraction of sp³-hybridized carbons (Fsp3) is 0.500. The number of ether oxygens (including phenoxy) is 2. The molecule has 1 saturated heterocycles. The summed E-state index contributed by atoms with van der Waals surface area (Å²) in [6.07, 6.45) is 8.03. The minimum absolute atomic E-state index is 0.0168. The molecule has 2 aliphatic rings. The van der Waals surface area contributed by atoms with Crippen molar-refractivity contribution < 1.29 is 14.3 Å². The smallest absolute Gasteiger partial charge is 0.251 e. The van der Waals surface area contributed by atoms with Crippen molar-refractivity contribution in [2.75, 3.05) is 6.61 Å². The molecule has 0 N–H and O–H groups in total. The van der Waals surface area contributed by atoms with Gasteiger partial charge in [-0.05, 0) is 60.9 Å². The molecule has 30 heavy (non-hydrogen) atoms. The highest BCUT2D eigenvalue weighted by Crippen LogP contribution is 2.33. The van der Waals surface area contributed by atoms with Gasteiger partial charge in [-0.2, -0.15) is 0 Å². The number of hydrogen-bond acceptors (Lipinski definition) is 4. The second-order valence-corrected chi connectivity index (χ2v) is 8.67. The van der Waals surface area contributed by atoms with Crippen molar-refractivity contribution in [1.82, 2.24) is 4.57 Å². The molecule has 0 radical (unpaired) electrons. The molecule has 1 aromatic carbocycles. The fourth-order valence-corrected chi connectivity index (χ4v) is 4.64. The van der Waals surface area contributed by atoms with E-state index in [-0.39, 0.29) is 17.8 Å². The van der Waals surface area contributed by atoms with E-state index in [1.807, 2.05) is 18.2 Å². The lowest BCUT2D eigenvalue weighted by Crippen LogP contribution is -2.31. The highest BCUT2D eigenvalue weighted by molar-refractivity contribution is 6.30. The van der Waals surface area contributed by atoms with Crippen LogP contribution >= 0.6 is 11.6 Å². The van der Waals surface area contributed by atoms with Crippen LogP contribution in [-0.4, -0.2) is 29.7 Å². The molecule has 2 aliphatic heterocycles. The van der Waals surface area contributed by atoms with Gasteiger partial charge in [-0.15, -0.1) is 0 Å². The normalized spacial score (nSPS) is 22.3. The van der Waals surface area contributed by atoms with Crippen LogP contribution in [-0.2, 0) is 27.3 Å². The van der Waals surface area contributed by atoms with Gasteiger partial charge in [0.05, 0.1) is 24.9 Å². The van der Waals surface area contributed by atoms with E-state index in [1.54, 1.807) is 16.8 Å². The van der Waals surface area contributed by atoms with Crippen molar-refractivity contribution in [2.24, 2.45) is 0 Å². The number of aldehydes is 1. The first-order valence-corrected chi connectivity index (χ1v) is 11.2. The van der Waals surface area contributed by atoms with Crippen LogP contribution in [0.1, 0.15) is 56.2 Å². The molecule has 3 unspecified atom stereocenters. The van der Waals surface area contributed by atoms with E-state index in [4.69, 9.17) is 21.1 Å². The standard InChI is InChI=1S/C24H28ClNO4/c1-2-20-9-16-6-7-18(25)10-22(16)23-12-24(28)26(13-17(23)15-30-20)19(14-27)11-21-5-3-4-8-29-21/h6-7,10,12-14,19-21H,2-5,8-9,11,15H2,1H3. The van der Waals surface area contributed by atoms with Crippen LogP contribution in [0.4, 0.5) is 0 Å². The van der Waals surface area contributed by atoms with Gasteiger partial charge in [-0.1, -0.05) is 24.6 Å². The molecule has 1 fully saturated rings. The van der Waals surface area contributed by atoms with Crippen molar-refractivity contribution in [3.8, 4) is 11.1 Å². The molecular formula is C24H28ClNO4. The predicted octanol–water partition coefficient (Wildman–Crippen LogP) is 4.72. The molecule has 0 saturated carbocycles. The van der Waals surface area contributed by atoms with Gasteiger partial charge >= 0.3 is 0 Å². The summed E-state index contributed by atoms with van der Waals surface area (Å²) in [5.41, 5.74) is 3.63. The Morgan fingerprint density at radius 3 is 2.73 bits per heavy atom. The third-order valence-corrected chi connectivity index (χ3v) is 6.43. The van der Waals surface area contributed by atoms with E-state index in [0.717, 1.165) is 67.3 Å². The molecule has 3 atom stereocenters. The first kappa shape index (κ1) is 21.3. The Kier molecular flexibility index (Phi) is 6.71. The van der Waals surface area contributed by atoms with Crippen LogP contribution in [0.3, 0.4) is 0 Å². The predicted molar refractivity (Wildman–Crippen MR) is 117 cm³/mol. The van der Waals surface area contributed by atoms with Crippen LogP contribution in [0.15, 0.2) is 35.3 Å². The van der Waals surface area contributed by atoms with Crippen LogP contribution < -0.4 is 5.56 Å². The van der Waals surface area contributed by atoms with Gasteiger partial charge in [-0.25, -0.2) is 0 Å². The average Bonchev–Trinajstić information content (AvgIpc) is 2.76. The zero-order chi connectivity index (χ0) is 21.1. The zero-order valence-electron chi connectivity index (χ0n) is 17.3. The molecule has 5 nitrogen and oxygen atoms in total. The number of hydrogen-bond donors (Lipinski definition) is 0. The van der Waals surface area contributed by atoms with Crippen LogP contribution in [0, 0.1) is 0 Å². The molecule has 0 amide bonds. The van der Waals surface area contributed by atoms with E-state index >= 15 is 0 Å². The summed E-state index contributed by atoms with van der Waals surface area (Å²) >= 11 is 6.29. The molecule has 2 aromatic rings. The maximum atomic E-state index is 13.0. The number of fused-ring (bicyclic) bond motifs is 3. The van der Waals surface area contributed by atoms with Gasteiger partial charge in [0, 0.05) is 35.9 Å². The number of rotatable bonds is 5. The van der Waals surface area contributed by atoms with Crippen molar-refractivity contribution in [1.29, 1.82) is 0 Å². The Hall–Kier alpha value is -1.95. The summed E-state index contributed by atoms with van der Waals surface area (Å²) in [4.78, 5) is 24.9. The molecular weight excluding hydrogens is 402 g/mol. The highest BCUT2D eigenvalue weighted by Gasteiger charge is 2.24. The molecule has 0 spiro atoms. The quantitative estimate of drug-likeness (QED) is 0.645. The van der Waals surface area contributed by atoms with E-state index in [2.05, 4.69) is 6.92 Å². The third kappa shape index (κ3) is 4.53. The van der Waals surface area contributed by atoms with Gasteiger partial charge in [-0.3, -0.25) is 4.79 Å². The van der Waals surface area contributed by atoms with Crippen LogP contribution in [0.5, 0.6) is 0 Å². The Labute approximate surface area is 182 Å². The largest absolute Gasteiger partial charge is 0.378 e. The van der Waals surface area contributed by atoms with Crippen LogP contribution in [0.25, 0.3) is 11.1 Å². The van der Waals surface area contributed by atoms with Gasteiger partial charge in [0.25, 0.3) is 5.56 Å². The van der Waals surface area contributed by atoms with Crippen molar-refractivity contribution >= 4 is 17.9 Å². The highest BCUT2D eigenvalue weighted by atomic mass is 35.5. The van der Waals surface area contributed by atoms with E-state index < -0.39 is 6.04 Å². The summed E-state index contributed by atoms with van der Waals surface area (Å²) in [6, 6.07) is 6.89. The molecule has 160 valence electrons. The van der Waals surface area contributed by atoms with Crippen molar-refractivity contribution in [2.45, 2.75) is 70.3 Å². The Morgan fingerprint density at radius 1 is 1.17 bits per heavy atom. The zero-order valence-corrected chi connectivity index (χ0v) is 18.1. The van der Waals surface area contributed by atoms with Gasteiger partial charge < -0.3 is 18.8 Å². The molecule has 0 bridgehead atoms. The summed E-state index contributed by atoms with van der Waals surface area (Å²) in [5, 5.41) is 0.638. The first-order chi connectivity index (χ1) is 14.6. The third-order valence-electron chi connectivity index (χ3n) is 6.20. The summed E-state index contributed by atoms with van der Waals surface area (Å²) in [5.74, 6) is 0. The van der Waals surface area contributed by atoms with E-state index in [0.29, 0.717) is 18.1 Å². The Balaban J connectivity index is 1.74. The summed E-state index contributed by atoms with van der Waals surface area (Å²) in [7, 11) is 0. The monoisotopic (exact) mass is 429 g/mol. The van der Waals surface area contributed by atoms with Gasteiger partial charge in [0.2, 0.25) is 0 Å². The maximum Gasteiger partial charge on any atom is 0.251 e. The molecule has 6 heteroatoms. The number of benzene rings is 1. The SMILES string of the molecule is CCC1Cc2ccc(Cl)cc2-c2cc(=O)n(C(C=O)CC3CCCCO3)cc2CO1. The lowest BCUT2D eigenvalue weighted by molar-refractivity contribution is -0.112. The number of nitrogens with zero attached hydrogens (tertiary/aromatic N) is 1. The number of carbonyl (C=O) groups is 1. The van der Waals surface area contributed by atoms with Gasteiger partial charge in [0.1, 0.15) is 6.29 Å². The van der Waals surface area contributed by atoms with Crippen molar-refractivity contribution in [3.05, 3.63) is 57.0 Å². The average molecular weight is 430 g/mol. The van der Waals surface area contributed by atoms with E-state index in [1.165, 1.54) is 0 Å². The molecule has 0 aliphatic carbocycles. The van der Waals surface area contributed by atoms with Crippen LogP contribution in [0.2, 0.25) is 5.02 Å². The fourth-order valence-electron chi connectivity index (χ4n) is 4.47. The maximum absolute atomic E-state index is 13.0. The topological polar surface area (TPSA) is 57.5 Å². The number of pyridine rings is 1. The van der Waals surface area contributed by atoms with Crippen molar-refractivity contribution in [3.63, 3.8) is 0 Å².